The van der Waals surface area contributed by atoms with E-state index in [4.69, 9.17) is 4.74 Å². The number of ether oxygens (including phenoxy) is 1. The first-order valence-electron chi connectivity index (χ1n) is 13.5. The van der Waals surface area contributed by atoms with Gasteiger partial charge in [0, 0.05) is 13.1 Å². The minimum atomic E-state index is -4.27. The van der Waals surface area contributed by atoms with Crippen LogP contribution in [0.3, 0.4) is 0 Å². The van der Waals surface area contributed by atoms with Gasteiger partial charge in [-0.1, -0.05) is 50.6 Å². The Morgan fingerprint density at radius 1 is 1.00 bits per heavy atom. The number of methoxy groups -OCH3 is 1. The second kappa shape index (κ2) is 14.1. The molecule has 0 bridgehead atoms. The van der Waals surface area contributed by atoms with Gasteiger partial charge in [-0.3, -0.25) is 13.9 Å². The number of amides is 2. The molecule has 8 nitrogen and oxygen atoms in total. The molecule has 3 aromatic carbocycles. The molecule has 0 aliphatic heterocycles. The van der Waals surface area contributed by atoms with E-state index in [1.807, 2.05) is 52.0 Å². The zero-order valence-corrected chi connectivity index (χ0v) is 24.9. The zero-order valence-electron chi connectivity index (χ0n) is 24.1. The highest BCUT2D eigenvalue weighted by atomic mass is 32.2. The lowest BCUT2D eigenvalue weighted by molar-refractivity contribution is -0.140. The Balaban J connectivity index is 2.04. The quantitative estimate of drug-likeness (QED) is 0.308. The highest BCUT2D eigenvalue weighted by molar-refractivity contribution is 7.92. The maximum Gasteiger partial charge on any atom is 0.264 e. The fourth-order valence-corrected chi connectivity index (χ4v) is 5.77. The summed E-state index contributed by atoms with van der Waals surface area (Å²) in [6.45, 7) is 7.63. The summed E-state index contributed by atoms with van der Waals surface area (Å²) in [4.78, 5) is 28.7. The van der Waals surface area contributed by atoms with Crippen molar-refractivity contribution in [2.24, 2.45) is 5.92 Å². The molecule has 10 heteroatoms. The van der Waals surface area contributed by atoms with Crippen LogP contribution in [0, 0.1) is 18.7 Å². The molecule has 1 unspecified atom stereocenters. The molecular formula is C31H38FN3O5S. The van der Waals surface area contributed by atoms with Gasteiger partial charge < -0.3 is 15.0 Å². The number of benzene rings is 3. The van der Waals surface area contributed by atoms with Crippen molar-refractivity contribution < 1.29 is 27.1 Å². The lowest BCUT2D eigenvalue weighted by Gasteiger charge is -2.33. The lowest BCUT2D eigenvalue weighted by Crippen LogP contribution is -2.52. The second-order valence-corrected chi connectivity index (χ2v) is 12.1. The standard InChI is InChI=1S/C31H38FN3O5S/c1-6-29(31(37)33-19-22(2)3)34(20-24-9-7-8-23(4)18-24)30(36)21-35(26-12-10-25(32)11-13-26)41(38,39)28-16-14-27(40-5)15-17-28/h7-18,22,29H,6,19-21H2,1-5H3,(H,33,37). The smallest absolute Gasteiger partial charge is 0.264 e. The second-order valence-electron chi connectivity index (χ2n) is 10.2. The number of carbonyl (C=O) groups excluding carboxylic acids is 2. The number of carbonyl (C=O) groups is 2. The number of hydrogen-bond donors (Lipinski definition) is 1. The average Bonchev–Trinajstić information content (AvgIpc) is 2.95. The number of rotatable bonds is 13. The molecule has 0 heterocycles. The van der Waals surface area contributed by atoms with Crippen LogP contribution in [0.4, 0.5) is 10.1 Å². The molecule has 0 radical (unpaired) electrons. The van der Waals surface area contributed by atoms with Gasteiger partial charge in [-0.05, 0) is 73.4 Å². The summed E-state index contributed by atoms with van der Waals surface area (Å²) in [5.74, 6) is -0.749. The fraction of sp³-hybridized carbons (Fsp3) is 0.355. The van der Waals surface area contributed by atoms with Crippen molar-refractivity contribution in [3.05, 3.63) is 89.7 Å². The van der Waals surface area contributed by atoms with Crippen LogP contribution in [0.2, 0.25) is 0 Å². The van der Waals surface area contributed by atoms with Crippen LogP contribution in [-0.2, 0) is 26.2 Å². The maximum atomic E-state index is 14.1. The number of aryl methyl sites for hydroxylation is 1. The average molecular weight is 584 g/mol. The van der Waals surface area contributed by atoms with Gasteiger partial charge in [0.15, 0.2) is 0 Å². The van der Waals surface area contributed by atoms with E-state index >= 15 is 0 Å². The van der Waals surface area contributed by atoms with E-state index in [2.05, 4.69) is 5.32 Å². The van der Waals surface area contributed by atoms with Crippen molar-refractivity contribution >= 4 is 27.5 Å². The summed E-state index contributed by atoms with van der Waals surface area (Å²) in [5, 5.41) is 2.91. The van der Waals surface area contributed by atoms with E-state index in [1.54, 1.807) is 0 Å². The first-order valence-corrected chi connectivity index (χ1v) is 14.9. The number of nitrogens with one attached hydrogen (secondary N) is 1. The molecule has 1 N–H and O–H groups in total. The van der Waals surface area contributed by atoms with Crippen LogP contribution >= 0.6 is 0 Å². The first kappa shape index (κ1) is 31.6. The number of anilines is 1. The van der Waals surface area contributed by atoms with Crippen molar-refractivity contribution in [3.63, 3.8) is 0 Å². The Kier molecular flexibility index (Phi) is 10.9. The molecule has 2 amide bonds. The van der Waals surface area contributed by atoms with Crippen molar-refractivity contribution in [2.45, 2.75) is 51.6 Å². The van der Waals surface area contributed by atoms with Gasteiger partial charge in [-0.15, -0.1) is 0 Å². The van der Waals surface area contributed by atoms with Crippen molar-refractivity contribution in [2.75, 3.05) is 24.5 Å². The SMILES string of the molecule is CCC(C(=O)NCC(C)C)N(Cc1cccc(C)c1)C(=O)CN(c1ccc(F)cc1)S(=O)(=O)c1ccc(OC)cc1. The third-order valence-electron chi connectivity index (χ3n) is 6.55. The van der Waals surface area contributed by atoms with Gasteiger partial charge in [-0.25, -0.2) is 12.8 Å². The summed E-state index contributed by atoms with van der Waals surface area (Å²) in [6.07, 6.45) is 0.323. The molecule has 0 aliphatic carbocycles. The molecule has 0 spiro atoms. The van der Waals surface area contributed by atoms with Crippen LogP contribution in [0.15, 0.2) is 77.7 Å². The van der Waals surface area contributed by atoms with E-state index < -0.39 is 34.3 Å². The first-order chi connectivity index (χ1) is 19.5. The van der Waals surface area contributed by atoms with E-state index in [0.29, 0.717) is 18.7 Å². The normalized spacial score (nSPS) is 12.1. The molecule has 0 aliphatic rings. The fourth-order valence-electron chi connectivity index (χ4n) is 4.36. The van der Waals surface area contributed by atoms with Crippen LogP contribution in [0.25, 0.3) is 0 Å². The van der Waals surface area contributed by atoms with E-state index in [9.17, 15) is 22.4 Å². The van der Waals surface area contributed by atoms with Crippen LogP contribution in [0.1, 0.15) is 38.3 Å². The van der Waals surface area contributed by atoms with Gasteiger partial charge in [0.25, 0.3) is 10.0 Å². The molecular weight excluding hydrogens is 545 g/mol. The molecule has 3 aromatic rings. The molecule has 0 aromatic heterocycles. The van der Waals surface area contributed by atoms with Crippen LogP contribution < -0.4 is 14.4 Å². The Labute approximate surface area is 242 Å². The summed E-state index contributed by atoms with van der Waals surface area (Å²) in [7, 11) is -2.80. The molecule has 0 fully saturated rings. The van der Waals surface area contributed by atoms with Crippen molar-refractivity contribution in [1.82, 2.24) is 10.2 Å². The zero-order chi connectivity index (χ0) is 30.2. The minimum absolute atomic E-state index is 0.0672. The number of hydrogen-bond acceptors (Lipinski definition) is 5. The number of halogens is 1. The summed E-state index contributed by atoms with van der Waals surface area (Å²) in [6, 6.07) is 17.4. The van der Waals surface area contributed by atoms with Crippen molar-refractivity contribution in [3.8, 4) is 5.75 Å². The predicted molar refractivity (Wildman–Crippen MR) is 158 cm³/mol. The largest absolute Gasteiger partial charge is 0.497 e. The lowest BCUT2D eigenvalue weighted by atomic mass is 10.1. The maximum absolute atomic E-state index is 14.1. The molecule has 41 heavy (non-hydrogen) atoms. The highest BCUT2D eigenvalue weighted by Gasteiger charge is 2.33. The number of nitrogens with zero attached hydrogens (tertiary/aromatic N) is 2. The minimum Gasteiger partial charge on any atom is -0.497 e. The van der Waals surface area contributed by atoms with E-state index in [-0.39, 0.29) is 29.0 Å². The molecule has 0 saturated carbocycles. The summed E-state index contributed by atoms with van der Waals surface area (Å²) < 4.78 is 47.6. The van der Waals surface area contributed by atoms with E-state index in [0.717, 1.165) is 27.6 Å². The van der Waals surface area contributed by atoms with Crippen molar-refractivity contribution in [1.29, 1.82) is 0 Å². The predicted octanol–water partition coefficient (Wildman–Crippen LogP) is 4.92. The van der Waals surface area contributed by atoms with Gasteiger partial charge in [0.05, 0.1) is 17.7 Å². The Hall–Kier alpha value is -3.92. The Bertz CT molecular complexity index is 1430. The van der Waals surface area contributed by atoms with Crippen LogP contribution in [-0.4, -0.2) is 51.4 Å². The van der Waals surface area contributed by atoms with Gasteiger partial charge in [0.1, 0.15) is 24.2 Å². The third-order valence-corrected chi connectivity index (χ3v) is 8.33. The number of sulfonamides is 1. The molecule has 1 atom stereocenters. The van der Waals surface area contributed by atoms with Gasteiger partial charge in [-0.2, -0.15) is 0 Å². The van der Waals surface area contributed by atoms with Gasteiger partial charge >= 0.3 is 0 Å². The Morgan fingerprint density at radius 3 is 2.22 bits per heavy atom. The monoisotopic (exact) mass is 583 g/mol. The third kappa shape index (κ3) is 8.29. The molecule has 220 valence electrons. The van der Waals surface area contributed by atoms with Gasteiger partial charge in [0.2, 0.25) is 11.8 Å². The van der Waals surface area contributed by atoms with Crippen LogP contribution in [0.5, 0.6) is 5.75 Å². The molecule has 3 rings (SSSR count). The summed E-state index contributed by atoms with van der Waals surface area (Å²) >= 11 is 0. The summed E-state index contributed by atoms with van der Waals surface area (Å²) in [5.41, 5.74) is 1.91. The van der Waals surface area contributed by atoms with E-state index in [1.165, 1.54) is 48.4 Å². The highest BCUT2D eigenvalue weighted by Crippen LogP contribution is 2.26. The Morgan fingerprint density at radius 2 is 1.66 bits per heavy atom. The molecule has 0 saturated heterocycles. The topological polar surface area (TPSA) is 96.0 Å².